The second kappa shape index (κ2) is 6.53. The summed E-state index contributed by atoms with van der Waals surface area (Å²) in [4.78, 5) is 2.33. The average Bonchev–Trinajstić information content (AvgIpc) is 2.34. The summed E-state index contributed by atoms with van der Waals surface area (Å²) >= 11 is 0. The topological polar surface area (TPSA) is 23.5 Å². The number of nitrogens with zero attached hydrogens (tertiary/aromatic N) is 1. The van der Waals surface area contributed by atoms with Gasteiger partial charge in [0.05, 0.1) is 6.10 Å². The van der Waals surface area contributed by atoms with Gasteiger partial charge in [0.25, 0.3) is 0 Å². The fourth-order valence-electron chi connectivity index (χ4n) is 2.14. The molecule has 0 saturated heterocycles. The highest BCUT2D eigenvalue weighted by atomic mass is 16.3. The molecular formula is C17H29NO. The van der Waals surface area contributed by atoms with Gasteiger partial charge >= 0.3 is 0 Å². The van der Waals surface area contributed by atoms with Crippen molar-refractivity contribution in [2.75, 3.05) is 13.6 Å². The molecule has 0 aliphatic rings. The molecule has 1 N–H and O–H groups in total. The van der Waals surface area contributed by atoms with Crippen LogP contribution in [0, 0.1) is 12.3 Å². The first kappa shape index (κ1) is 16.2. The lowest BCUT2D eigenvalue weighted by Gasteiger charge is -2.35. The lowest BCUT2D eigenvalue weighted by molar-refractivity contribution is 0.104. The van der Waals surface area contributed by atoms with Crippen molar-refractivity contribution in [1.82, 2.24) is 4.90 Å². The molecule has 0 aliphatic heterocycles. The Morgan fingerprint density at radius 1 is 1.16 bits per heavy atom. The molecule has 1 aromatic carbocycles. The van der Waals surface area contributed by atoms with E-state index in [2.05, 4.69) is 58.7 Å². The van der Waals surface area contributed by atoms with Gasteiger partial charge in [0.1, 0.15) is 0 Å². The van der Waals surface area contributed by atoms with E-state index in [9.17, 15) is 5.11 Å². The first-order valence-electron chi connectivity index (χ1n) is 7.16. The second-order valence-corrected chi connectivity index (χ2v) is 6.74. The van der Waals surface area contributed by atoms with Crippen molar-refractivity contribution < 1.29 is 5.11 Å². The summed E-state index contributed by atoms with van der Waals surface area (Å²) in [7, 11) is 2.14. The van der Waals surface area contributed by atoms with Crippen molar-refractivity contribution in [3.05, 3.63) is 35.4 Å². The van der Waals surface area contributed by atoms with E-state index in [1.54, 1.807) is 0 Å². The van der Waals surface area contributed by atoms with E-state index >= 15 is 0 Å². The largest absolute Gasteiger partial charge is 0.388 e. The molecule has 0 radical (unpaired) electrons. The van der Waals surface area contributed by atoms with Gasteiger partial charge in [-0.2, -0.15) is 0 Å². The summed E-state index contributed by atoms with van der Waals surface area (Å²) < 4.78 is 0. The van der Waals surface area contributed by atoms with E-state index in [4.69, 9.17) is 0 Å². The highest BCUT2D eigenvalue weighted by molar-refractivity contribution is 5.23. The summed E-state index contributed by atoms with van der Waals surface area (Å²) in [5, 5.41) is 10.2. The third-order valence-corrected chi connectivity index (χ3v) is 4.13. The Bertz CT molecular complexity index is 377. The van der Waals surface area contributed by atoms with Crippen LogP contribution in [-0.2, 0) is 0 Å². The fraction of sp³-hybridized carbons (Fsp3) is 0.647. The Labute approximate surface area is 118 Å². The number of aliphatic hydroxyl groups is 1. The maximum Gasteiger partial charge on any atom is 0.0802 e. The minimum absolute atomic E-state index is 0.267. The van der Waals surface area contributed by atoms with E-state index in [1.807, 2.05) is 12.1 Å². The van der Waals surface area contributed by atoms with E-state index in [0.717, 1.165) is 18.5 Å². The summed E-state index contributed by atoms with van der Waals surface area (Å²) in [5.74, 6) is 0. The smallest absolute Gasteiger partial charge is 0.0802 e. The SMILES string of the molecule is Cc1ccc(C(O)CCN(C)C(C)C(C)(C)C)cc1. The van der Waals surface area contributed by atoms with Gasteiger partial charge in [-0.25, -0.2) is 0 Å². The van der Waals surface area contributed by atoms with Gasteiger partial charge in [-0.15, -0.1) is 0 Å². The third-order valence-electron chi connectivity index (χ3n) is 4.13. The lowest BCUT2D eigenvalue weighted by Crippen LogP contribution is -2.40. The molecule has 0 fully saturated rings. The van der Waals surface area contributed by atoms with Crippen LogP contribution in [0.2, 0.25) is 0 Å². The van der Waals surface area contributed by atoms with Crippen LogP contribution in [0.15, 0.2) is 24.3 Å². The molecule has 2 heteroatoms. The van der Waals surface area contributed by atoms with E-state index in [0.29, 0.717) is 6.04 Å². The van der Waals surface area contributed by atoms with Crippen LogP contribution in [0.3, 0.4) is 0 Å². The minimum Gasteiger partial charge on any atom is -0.388 e. The summed E-state index contributed by atoms with van der Waals surface area (Å²) in [5.41, 5.74) is 2.51. The van der Waals surface area contributed by atoms with Crippen LogP contribution < -0.4 is 0 Å². The van der Waals surface area contributed by atoms with Gasteiger partial charge in [-0.3, -0.25) is 0 Å². The molecule has 1 rings (SSSR count). The molecule has 1 aromatic rings. The second-order valence-electron chi connectivity index (χ2n) is 6.74. The van der Waals surface area contributed by atoms with Crippen molar-refractivity contribution in [2.24, 2.45) is 5.41 Å². The van der Waals surface area contributed by atoms with Crippen LogP contribution in [0.1, 0.15) is 51.3 Å². The zero-order valence-electron chi connectivity index (χ0n) is 13.3. The summed E-state index contributed by atoms with van der Waals surface area (Å²) in [6.45, 7) is 12.0. The molecule has 2 unspecified atom stereocenters. The molecule has 0 aromatic heterocycles. The minimum atomic E-state index is -0.366. The summed E-state index contributed by atoms with van der Waals surface area (Å²) in [6.07, 6.45) is 0.412. The molecule has 2 nitrogen and oxygen atoms in total. The number of hydrogen-bond donors (Lipinski definition) is 1. The zero-order valence-corrected chi connectivity index (χ0v) is 13.3. The normalized spacial score (nSPS) is 15.6. The van der Waals surface area contributed by atoms with Crippen LogP contribution >= 0.6 is 0 Å². The first-order valence-corrected chi connectivity index (χ1v) is 7.16. The van der Waals surface area contributed by atoms with Crippen molar-refractivity contribution in [1.29, 1.82) is 0 Å². The van der Waals surface area contributed by atoms with Crippen LogP contribution in [-0.4, -0.2) is 29.6 Å². The highest BCUT2D eigenvalue weighted by Gasteiger charge is 2.24. The third kappa shape index (κ3) is 4.96. The molecule has 2 atom stereocenters. The number of rotatable bonds is 5. The van der Waals surface area contributed by atoms with Crippen molar-refractivity contribution in [3.63, 3.8) is 0 Å². The Hall–Kier alpha value is -0.860. The molecule has 0 saturated carbocycles. The molecule has 19 heavy (non-hydrogen) atoms. The van der Waals surface area contributed by atoms with Crippen LogP contribution in [0.25, 0.3) is 0 Å². The van der Waals surface area contributed by atoms with Crippen molar-refractivity contribution in [2.45, 2.75) is 53.2 Å². The van der Waals surface area contributed by atoms with Gasteiger partial charge in [0.15, 0.2) is 0 Å². The molecule has 0 aliphatic carbocycles. The quantitative estimate of drug-likeness (QED) is 0.874. The van der Waals surface area contributed by atoms with E-state index < -0.39 is 0 Å². The van der Waals surface area contributed by atoms with Crippen LogP contribution in [0.5, 0.6) is 0 Å². The molecule has 108 valence electrons. The highest BCUT2D eigenvalue weighted by Crippen LogP contribution is 2.24. The lowest BCUT2D eigenvalue weighted by atomic mass is 9.87. The molecule has 0 bridgehead atoms. The van der Waals surface area contributed by atoms with E-state index in [-0.39, 0.29) is 11.5 Å². The predicted octanol–water partition coefficient (Wildman–Crippen LogP) is 3.78. The van der Waals surface area contributed by atoms with Gasteiger partial charge in [-0.05, 0) is 38.3 Å². The van der Waals surface area contributed by atoms with Gasteiger partial charge in [-0.1, -0.05) is 50.6 Å². The average molecular weight is 263 g/mol. The van der Waals surface area contributed by atoms with Gasteiger partial charge in [0, 0.05) is 12.6 Å². The zero-order chi connectivity index (χ0) is 14.6. The maximum atomic E-state index is 10.2. The first-order chi connectivity index (χ1) is 8.71. The van der Waals surface area contributed by atoms with Gasteiger partial charge in [0.2, 0.25) is 0 Å². The van der Waals surface area contributed by atoms with Crippen LogP contribution in [0.4, 0.5) is 0 Å². The Kier molecular flexibility index (Phi) is 5.57. The predicted molar refractivity (Wildman–Crippen MR) is 82.3 cm³/mol. The standard InChI is InChI=1S/C17H29NO/c1-13-7-9-15(10-8-13)16(19)11-12-18(6)14(2)17(3,4)5/h7-10,14,16,19H,11-12H2,1-6H3. The molecular weight excluding hydrogens is 234 g/mol. The number of benzene rings is 1. The van der Waals surface area contributed by atoms with Crippen molar-refractivity contribution >= 4 is 0 Å². The van der Waals surface area contributed by atoms with E-state index in [1.165, 1.54) is 5.56 Å². The van der Waals surface area contributed by atoms with Gasteiger partial charge < -0.3 is 10.0 Å². The van der Waals surface area contributed by atoms with Crippen molar-refractivity contribution in [3.8, 4) is 0 Å². The molecule has 0 amide bonds. The Morgan fingerprint density at radius 3 is 2.16 bits per heavy atom. The molecule has 0 spiro atoms. The number of hydrogen-bond acceptors (Lipinski definition) is 2. The Morgan fingerprint density at radius 2 is 1.68 bits per heavy atom. The monoisotopic (exact) mass is 263 g/mol. The summed E-state index contributed by atoms with van der Waals surface area (Å²) in [6, 6.07) is 8.65. The Balaban J connectivity index is 2.50. The number of aryl methyl sites for hydroxylation is 1. The number of aliphatic hydroxyl groups excluding tert-OH is 1. The maximum absolute atomic E-state index is 10.2. The molecule has 0 heterocycles. The fourth-order valence-corrected chi connectivity index (χ4v) is 2.14.